The smallest absolute Gasteiger partial charge is 0.412 e. The van der Waals surface area contributed by atoms with Gasteiger partial charge in [-0.1, -0.05) is 35.2 Å². The molecule has 1 aromatic rings. The Kier molecular flexibility index (Phi) is 7.13. The SMILES string of the molecule is CCC(C)OC(=O)C(Cl)[P+](=O)c1ccccc1OC(C)C. The standard InChI is InChI=1S/C15H21ClO4P/c1-5-11(4)20-15(17)14(16)21(18)13-9-7-6-8-12(13)19-10(2)3/h6-11,14H,5H2,1-4H3/q+1. The lowest BCUT2D eigenvalue weighted by molar-refractivity contribution is -0.146. The summed E-state index contributed by atoms with van der Waals surface area (Å²) in [6.07, 6.45) is 0.374. The van der Waals surface area contributed by atoms with Gasteiger partial charge in [0.25, 0.3) is 0 Å². The second-order valence-corrected chi connectivity index (χ2v) is 7.34. The Balaban J connectivity index is 2.90. The van der Waals surface area contributed by atoms with Crippen LogP contribution in [0.1, 0.15) is 34.1 Å². The molecule has 116 valence electrons. The van der Waals surface area contributed by atoms with Gasteiger partial charge in [0.05, 0.1) is 12.2 Å². The van der Waals surface area contributed by atoms with E-state index in [-0.39, 0.29) is 12.2 Å². The van der Waals surface area contributed by atoms with E-state index in [1.807, 2.05) is 20.8 Å². The Hall–Kier alpha value is -1.12. The molecule has 0 N–H and O–H groups in total. The average Bonchev–Trinajstić information content (AvgIpc) is 2.45. The predicted molar refractivity (Wildman–Crippen MR) is 84.9 cm³/mol. The van der Waals surface area contributed by atoms with Crippen molar-refractivity contribution < 1.29 is 18.8 Å². The second-order valence-electron chi connectivity index (χ2n) is 4.95. The summed E-state index contributed by atoms with van der Waals surface area (Å²) in [7, 11) is -2.15. The summed E-state index contributed by atoms with van der Waals surface area (Å²) in [6.45, 7) is 7.41. The Bertz CT molecular complexity index is 504. The van der Waals surface area contributed by atoms with Gasteiger partial charge in [-0.2, -0.15) is 0 Å². The average molecular weight is 332 g/mol. The molecule has 0 radical (unpaired) electrons. The number of carbonyl (C=O) groups is 1. The highest BCUT2D eigenvalue weighted by Gasteiger charge is 2.41. The normalized spacial score (nSPS) is 14.5. The molecule has 3 atom stereocenters. The molecule has 0 aliphatic rings. The Morgan fingerprint density at radius 1 is 1.29 bits per heavy atom. The third-order valence-electron chi connectivity index (χ3n) is 2.76. The molecule has 1 rings (SSSR count). The molecule has 0 bridgehead atoms. The number of esters is 1. The third kappa shape index (κ3) is 5.29. The fourth-order valence-corrected chi connectivity index (χ4v) is 2.99. The van der Waals surface area contributed by atoms with Crippen LogP contribution < -0.4 is 10.0 Å². The second kappa shape index (κ2) is 8.35. The van der Waals surface area contributed by atoms with E-state index in [0.29, 0.717) is 17.5 Å². The number of halogens is 1. The van der Waals surface area contributed by atoms with Crippen molar-refractivity contribution in [3.8, 4) is 5.75 Å². The molecular formula is C15H21ClO4P+. The van der Waals surface area contributed by atoms with Crippen molar-refractivity contribution in [3.63, 3.8) is 0 Å². The monoisotopic (exact) mass is 331 g/mol. The van der Waals surface area contributed by atoms with E-state index in [0.717, 1.165) is 0 Å². The van der Waals surface area contributed by atoms with Crippen LogP contribution >= 0.6 is 19.4 Å². The van der Waals surface area contributed by atoms with Crippen LogP contribution in [0, 0.1) is 0 Å². The summed E-state index contributed by atoms with van der Waals surface area (Å²) in [5.74, 6) is -0.179. The molecule has 6 heteroatoms. The highest BCUT2D eigenvalue weighted by molar-refractivity contribution is 7.57. The molecule has 0 fully saturated rings. The molecule has 0 saturated heterocycles. The van der Waals surface area contributed by atoms with Crippen LogP contribution in [-0.2, 0) is 14.1 Å². The van der Waals surface area contributed by atoms with Crippen molar-refractivity contribution in [1.82, 2.24) is 0 Å². The van der Waals surface area contributed by atoms with Crippen LogP contribution in [0.2, 0.25) is 0 Å². The first-order valence-corrected chi connectivity index (χ1v) is 8.70. The molecule has 3 unspecified atom stereocenters. The van der Waals surface area contributed by atoms with Crippen LogP contribution in [0.4, 0.5) is 0 Å². The van der Waals surface area contributed by atoms with Gasteiger partial charge in [-0.25, -0.2) is 4.79 Å². The number of carbonyl (C=O) groups excluding carboxylic acids is 1. The lowest BCUT2D eigenvalue weighted by Gasteiger charge is -2.11. The van der Waals surface area contributed by atoms with Crippen molar-refractivity contribution in [2.75, 3.05) is 0 Å². The van der Waals surface area contributed by atoms with E-state index >= 15 is 0 Å². The molecular weight excluding hydrogens is 311 g/mol. The summed E-state index contributed by atoms with van der Waals surface area (Å²) < 4.78 is 23.2. The minimum Gasteiger partial charge on any atom is -0.486 e. The first kappa shape index (κ1) is 17.9. The maximum Gasteiger partial charge on any atom is 0.412 e. The van der Waals surface area contributed by atoms with Crippen LogP contribution in [0.3, 0.4) is 0 Å². The summed E-state index contributed by atoms with van der Waals surface area (Å²) in [4.78, 5) is 11.9. The summed E-state index contributed by atoms with van der Waals surface area (Å²) in [5, 5.41) is -0.784. The number of ether oxygens (including phenoxy) is 2. The lowest BCUT2D eigenvalue weighted by atomic mass is 10.3. The summed E-state index contributed by atoms with van der Waals surface area (Å²) in [6, 6.07) is 6.89. The first-order chi connectivity index (χ1) is 9.86. The van der Waals surface area contributed by atoms with Crippen molar-refractivity contribution in [2.24, 2.45) is 0 Å². The maximum atomic E-state index is 12.5. The van der Waals surface area contributed by atoms with Gasteiger partial charge in [-0.3, -0.25) is 0 Å². The molecule has 0 aliphatic carbocycles. The number of benzene rings is 1. The van der Waals surface area contributed by atoms with E-state index in [9.17, 15) is 9.36 Å². The highest BCUT2D eigenvalue weighted by atomic mass is 35.5. The number of rotatable bonds is 7. The predicted octanol–water partition coefficient (Wildman–Crippen LogP) is 3.83. The zero-order chi connectivity index (χ0) is 16.0. The molecule has 21 heavy (non-hydrogen) atoms. The first-order valence-electron chi connectivity index (χ1n) is 6.93. The van der Waals surface area contributed by atoms with Gasteiger partial charge in [0.15, 0.2) is 5.75 Å². The maximum absolute atomic E-state index is 12.5. The van der Waals surface area contributed by atoms with E-state index < -0.39 is 18.9 Å². The Morgan fingerprint density at radius 2 is 1.90 bits per heavy atom. The molecule has 0 aromatic heterocycles. The van der Waals surface area contributed by atoms with Crippen molar-refractivity contribution in [3.05, 3.63) is 24.3 Å². The zero-order valence-electron chi connectivity index (χ0n) is 12.7. The topological polar surface area (TPSA) is 52.6 Å². The summed E-state index contributed by atoms with van der Waals surface area (Å²) >= 11 is 6.01. The fraction of sp³-hybridized carbons (Fsp3) is 0.533. The number of hydrogen-bond acceptors (Lipinski definition) is 4. The molecule has 0 spiro atoms. The van der Waals surface area contributed by atoms with Crippen LogP contribution in [0.25, 0.3) is 0 Å². The molecule has 0 amide bonds. The van der Waals surface area contributed by atoms with Gasteiger partial charge < -0.3 is 9.47 Å². The van der Waals surface area contributed by atoms with Gasteiger partial charge in [0.1, 0.15) is 0 Å². The van der Waals surface area contributed by atoms with E-state index in [4.69, 9.17) is 21.1 Å². The van der Waals surface area contributed by atoms with Gasteiger partial charge in [-0.15, -0.1) is 0 Å². The molecule has 4 nitrogen and oxygen atoms in total. The number of hydrogen-bond donors (Lipinski definition) is 0. The van der Waals surface area contributed by atoms with Gasteiger partial charge in [-0.05, 0) is 39.3 Å². The van der Waals surface area contributed by atoms with E-state index in [1.165, 1.54) is 0 Å². The largest absolute Gasteiger partial charge is 0.486 e. The minimum absolute atomic E-state index is 0.0598. The van der Waals surface area contributed by atoms with Crippen LogP contribution in [0.15, 0.2) is 24.3 Å². The van der Waals surface area contributed by atoms with Crippen molar-refractivity contribution in [2.45, 2.75) is 51.4 Å². The Morgan fingerprint density at radius 3 is 2.48 bits per heavy atom. The number of para-hydroxylation sites is 1. The Labute approximate surface area is 131 Å². The van der Waals surface area contributed by atoms with Crippen molar-refractivity contribution in [1.29, 1.82) is 0 Å². The van der Waals surface area contributed by atoms with E-state index in [1.54, 1.807) is 31.2 Å². The van der Waals surface area contributed by atoms with Crippen LogP contribution in [-0.4, -0.2) is 23.3 Å². The fourth-order valence-electron chi connectivity index (χ4n) is 1.55. The number of alkyl halides is 1. The van der Waals surface area contributed by atoms with Gasteiger partial charge in [0.2, 0.25) is 5.30 Å². The molecule has 0 aliphatic heterocycles. The molecule has 0 heterocycles. The van der Waals surface area contributed by atoms with Crippen molar-refractivity contribution >= 4 is 30.7 Å². The van der Waals surface area contributed by atoms with Gasteiger partial charge in [0, 0.05) is 0 Å². The van der Waals surface area contributed by atoms with Crippen LogP contribution in [0.5, 0.6) is 5.75 Å². The minimum atomic E-state index is -2.15. The van der Waals surface area contributed by atoms with Gasteiger partial charge >= 0.3 is 18.9 Å². The van der Waals surface area contributed by atoms with E-state index in [2.05, 4.69) is 0 Å². The highest BCUT2D eigenvalue weighted by Crippen LogP contribution is 2.35. The lowest BCUT2D eigenvalue weighted by Crippen LogP contribution is -2.23. The summed E-state index contributed by atoms with van der Waals surface area (Å²) in [5.41, 5.74) is 0. The third-order valence-corrected chi connectivity index (χ3v) is 4.93. The quantitative estimate of drug-likeness (QED) is 0.433. The zero-order valence-corrected chi connectivity index (χ0v) is 14.4. The molecule has 1 aromatic carbocycles. The molecule has 0 saturated carbocycles.